The van der Waals surface area contributed by atoms with Crippen LogP contribution < -0.4 is 0 Å². The highest BCUT2D eigenvalue weighted by atomic mass is 19.1. The molecule has 0 radical (unpaired) electrons. The molecule has 5 heteroatoms. The molecule has 1 aliphatic heterocycles. The number of fused-ring (bicyclic) bond motifs is 1. The summed E-state index contributed by atoms with van der Waals surface area (Å²) in [5.74, 6) is 0.673. The van der Waals surface area contributed by atoms with Crippen LogP contribution in [0.3, 0.4) is 0 Å². The molecule has 1 aliphatic rings. The molecule has 2 heterocycles. The third-order valence-electron chi connectivity index (χ3n) is 4.24. The maximum Gasteiger partial charge on any atom is 0.129 e. The largest absolute Gasteiger partial charge is 0.387 e. The molecule has 4 nitrogen and oxygen atoms in total. The first-order chi connectivity index (χ1) is 10.1. The molecule has 2 aromatic rings. The molecule has 0 saturated heterocycles. The second-order valence-electron chi connectivity index (χ2n) is 5.62. The molecular formula is C16H20FN3O. The van der Waals surface area contributed by atoms with Crippen LogP contribution in [0.1, 0.15) is 28.9 Å². The van der Waals surface area contributed by atoms with Crippen LogP contribution in [-0.4, -0.2) is 32.6 Å². The average molecular weight is 289 g/mol. The zero-order valence-corrected chi connectivity index (χ0v) is 12.4. The highest BCUT2D eigenvalue weighted by Gasteiger charge is 2.23. The molecular weight excluding hydrogens is 269 g/mol. The summed E-state index contributed by atoms with van der Waals surface area (Å²) in [5.41, 5.74) is 2.62. The van der Waals surface area contributed by atoms with Crippen molar-refractivity contribution in [1.29, 1.82) is 0 Å². The maximum atomic E-state index is 13.7. The van der Waals surface area contributed by atoms with Crippen LogP contribution in [0, 0.1) is 19.7 Å². The Morgan fingerprint density at radius 3 is 2.81 bits per heavy atom. The molecule has 0 bridgehead atoms. The molecule has 3 rings (SSSR count). The Morgan fingerprint density at radius 1 is 1.29 bits per heavy atom. The van der Waals surface area contributed by atoms with E-state index < -0.39 is 6.10 Å². The molecule has 1 aromatic heterocycles. The number of aliphatic hydroxyl groups is 1. The van der Waals surface area contributed by atoms with Gasteiger partial charge in [-0.1, -0.05) is 18.2 Å². The SMILES string of the molecule is Cc1nc2n(c1C)CCN(C[C@H](O)c1ccccc1F)C2. The van der Waals surface area contributed by atoms with E-state index in [1.807, 2.05) is 6.92 Å². The first-order valence-electron chi connectivity index (χ1n) is 7.23. The van der Waals surface area contributed by atoms with Gasteiger partial charge < -0.3 is 9.67 Å². The molecule has 1 N–H and O–H groups in total. The van der Waals surface area contributed by atoms with Gasteiger partial charge in [0.2, 0.25) is 0 Å². The molecule has 21 heavy (non-hydrogen) atoms. The van der Waals surface area contributed by atoms with Crippen LogP contribution in [-0.2, 0) is 13.1 Å². The van der Waals surface area contributed by atoms with Crippen LogP contribution in [0.5, 0.6) is 0 Å². The minimum atomic E-state index is -0.810. The number of imidazole rings is 1. The van der Waals surface area contributed by atoms with Crippen LogP contribution in [0.15, 0.2) is 24.3 Å². The number of nitrogens with zero attached hydrogens (tertiary/aromatic N) is 3. The quantitative estimate of drug-likeness (QED) is 0.941. The number of hydrogen-bond acceptors (Lipinski definition) is 3. The van der Waals surface area contributed by atoms with Crippen molar-refractivity contribution in [2.45, 2.75) is 33.0 Å². The average Bonchev–Trinajstić information content (AvgIpc) is 2.74. The van der Waals surface area contributed by atoms with Crippen molar-refractivity contribution in [1.82, 2.24) is 14.5 Å². The number of β-amino-alcohol motifs (C(OH)–C–C–N with tert-alkyl or cyclic N) is 1. The van der Waals surface area contributed by atoms with Gasteiger partial charge in [0.1, 0.15) is 11.6 Å². The topological polar surface area (TPSA) is 41.3 Å². The van der Waals surface area contributed by atoms with Gasteiger partial charge in [0.25, 0.3) is 0 Å². The lowest BCUT2D eigenvalue weighted by Gasteiger charge is -2.30. The van der Waals surface area contributed by atoms with E-state index >= 15 is 0 Å². The zero-order chi connectivity index (χ0) is 15.0. The fraction of sp³-hybridized carbons (Fsp3) is 0.438. The summed E-state index contributed by atoms with van der Waals surface area (Å²) in [6, 6.07) is 6.40. The van der Waals surface area contributed by atoms with Gasteiger partial charge in [-0.25, -0.2) is 9.37 Å². The lowest BCUT2D eigenvalue weighted by molar-refractivity contribution is 0.0935. The van der Waals surface area contributed by atoms with Crippen molar-refractivity contribution in [3.63, 3.8) is 0 Å². The number of benzene rings is 1. The van der Waals surface area contributed by atoms with E-state index in [1.54, 1.807) is 18.2 Å². The smallest absolute Gasteiger partial charge is 0.129 e. The molecule has 0 unspecified atom stereocenters. The fourth-order valence-electron chi connectivity index (χ4n) is 2.91. The fourth-order valence-corrected chi connectivity index (χ4v) is 2.91. The van der Waals surface area contributed by atoms with Gasteiger partial charge in [0.15, 0.2) is 0 Å². The van der Waals surface area contributed by atoms with E-state index in [9.17, 15) is 9.50 Å². The highest BCUT2D eigenvalue weighted by molar-refractivity contribution is 5.20. The van der Waals surface area contributed by atoms with E-state index in [4.69, 9.17) is 0 Å². The van der Waals surface area contributed by atoms with Gasteiger partial charge in [-0.15, -0.1) is 0 Å². The van der Waals surface area contributed by atoms with E-state index in [0.717, 1.165) is 24.6 Å². The number of halogens is 1. The third kappa shape index (κ3) is 2.71. The highest BCUT2D eigenvalue weighted by Crippen LogP contribution is 2.21. The maximum absolute atomic E-state index is 13.7. The first-order valence-corrected chi connectivity index (χ1v) is 7.23. The van der Waals surface area contributed by atoms with Gasteiger partial charge >= 0.3 is 0 Å². The second kappa shape index (κ2) is 5.58. The molecule has 0 spiro atoms. The van der Waals surface area contributed by atoms with E-state index in [1.165, 1.54) is 11.8 Å². The standard InChI is InChI=1S/C16H20FN3O/c1-11-12(2)20-8-7-19(10-16(20)18-11)9-15(21)13-5-3-4-6-14(13)17/h3-6,15,21H,7-10H2,1-2H3/t15-/m0/s1. The molecule has 0 aliphatic carbocycles. The minimum Gasteiger partial charge on any atom is -0.387 e. The summed E-state index contributed by atoms with van der Waals surface area (Å²) in [6.07, 6.45) is -0.810. The molecule has 1 atom stereocenters. The molecule has 1 aromatic carbocycles. The molecule has 0 fully saturated rings. The first kappa shape index (κ1) is 14.2. The number of aromatic nitrogens is 2. The van der Waals surface area contributed by atoms with Crippen molar-refractivity contribution in [2.24, 2.45) is 0 Å². The molecule has 0 amide bonds. The minimum absolute atomic E-state index is 0.352. The van der Waals surface area contributed by atoms with Gasteiger partial charge in [0.05, 0.1) is 18.3 Å². The summed E-state index contributed by atoms with van der Waals surface area (Å²) >= 11 is 0. The van der Waals surface area contributed by atoms with Crippen molar-refractivity contribution in [3.05, 3.63) is 52.9 Å². The third-order valence-corrected chi connectivity index (χ3v) is 4.24. The van der Waals surface area contributed by atoms with Crippen molar-refractivity contribution >= 4 is 0 Å². The van der Waals surface area contributed by atoms with Crippen LogP contribution in [0.2, 0.25) is 0 Å². The molecule has 112 valence electrons. The Labute approximate surface area is 123 Å². The Hall–Kier alpha value is -1.72. The number of aliphatic hydroxyl groups excluding tert-OH is 1. The summed E-state index contributed by atoms with van der Waals surface area (Å²) < 4.78 is 15.9. The predicted molar refractivity (Wildman–Crippen MR) is 78.3 cm³/mol. The lowest BCUT2D eigenvalue weighted by atomic mass is 10.1. The Morgan fingerprint density at radius 2 is 2.05 bits per heavy atom. The number of rotatable bonds is 3. The summed E-state index contributed by atoms with van der Waals surface area (Å²) in [7, 11) is 0. The normalized spacial score (nSPS) is 16.8. The van der Waals surface area contributed by atoms with Crippen LogP contribution in [0.25, 0.3) is 0 Å². The zero-order valence-electron chi connectivity index (χ0n) is 12.4. The van der Waals surface area contributed by atoms with Gasteiger partial charge in [-0.2, -0.15) is 0 Å². The summed E-state index contributed by atoms with van der Waals surface area (Å²) in [5, 5.41) is 10.3. The van der Waals surface area contributed by atoms with Gasteiger partial charge in [-0.3, -0.25) is 4.90 Å². The van der Waals surface area contributed by atoms with Gasteiger partial charge in [0, 0.05) is 30.9 Å². The number of aryl methyl sites for hydroxylation is 1. The van der Waals surface area contributed by atoms with Crippen LogP contribution >= 0.6 is 0 Å². The van der Waals surface area contributed by atoms with Crippen LogP contribution in [0.4, 0.5) is 4.39 Å². The lowest BCUT2D eigenvalue weighted by Crippen LogP contribution is -2.37. The second-order valence-corrected chi connectivity index (χ2v) is 5.62. The van der Waals surface area contributed by atoms with Crippen molar-refractivity contribution in [2.75, 3.05) is 13.1 Å². The van der Waals surface area contributed by atoms with Gasteiger partial charge in [-0.05, 0) is 19.9 Å². The Bertz CT molecular complexity index is 653. The Balaban J connectivity index is 1.71. The summed E-state index contributed by atoms with van der Waals surface area (Å²) in [6.45, 7) is 6.92. The monoisotopic (exact) mass is 289 g/mol. The van der Waals surface area contributed by atoms with E-state index in [0.29, 0.717) is 18.7 Å². The predicted octanol–water partition coefficient (Wildman–Crippen LogP) is 2.19. The van der Waals surface area contributed by atoms with E-state index in [2.05, 4.69) is 21.4 Å². The van der Waals surface area contributed by atoms with Crippen molar-refractivity contribution < 1.29 is 9.50 Å². The molecule has 0 saturated carbocycles. The Kier molecular flexibility index (Phi) is 3.78. The number of hydrogen-bond donors (Lipinski definition) is 1. The van der Waals surface area contributed by atoms with E-state index in [-0.39, 0.29) is 5.82 Å². The summed E-state index contributed by atoms with van der Waals surface area (Å²) in [4.78, 5) is 6.69. The van der Waals surface area contributed by atoms with Crippen molar-refractivity contribution in [3.8, 4) is 0 Å².